The molecule has 1 aromatic heterocycles. The standard InChI is InChI=1S/C7H7N2S/c1-2-3-4-5-7-6-10-9-8-7/h6H,3-5H2. The molecule has 0 amide bonds. The van der Waals surface area contributed by atoms with Gasteiger partial charge >= 0.3 is 0 Å². The van der Waals surface area contributed by atoms with Crippen molar-refractivity contribution in [3.8, 4) is 5.92 Å². The molecule has 10 heavy (non-hydrogen) atoms. The van der Waals surface area contributed by atoms with Gasteiger partial charge in [-0.3, -0.25) is 0 Å². The van der Waals surface area contributed by atoms with Crippen LogP contribution in [-0.4, -0.2) is 9.59 Å². The van der Waals surface area contributed by atoms with Crippen LogP contribution >= 0.6 is 11.5 Å². The minimum atomic E-state index is 0.720. The van der Waals surface area contributed by atoms with E-state index in [-0.39, 0.29) is 0 Å². The second-order valence-corrected chi connectivity index (χ2v) is 2.54. The third kappa shape index (κ3) is 2.16. The summed E-state index contributed by atoms with van der Waals surface area (Å²) in [5, 5.41) is 5.80. The Balaban J connectivity index is 2.23. The summed E-state index contributed by atoms with van der Waals surface area (Å²) in [6.45, 7) is 0. The Bertz CT molecular complexity index is 210. The average molecular weight is 151 g/mol. The summed E-state index contributed by atoms with van der Waals surface area (Å²) in [7, 11) is 0. The van der Waals surface area contributed by atoms with Gasteiger partial charge in [-0.15, -0.1) is 5.10 Å². The van der Waals surface area contributed by atoms with Crippen molar-refractivity contribution < 1.29 is 0 Å². The topological polar surface area (TPSA) is 25.8 Å². The van der Waals surface area contributed by atoms with Crippen molar-refractivity contribution in [3.05, 3.63) is 17.5 Å². The summed E-state index contributed by atoms with van der Waals surface area (Å²) >= 11 is 1.37. The Hall–Kier alpha value is -0.880. The molecule has 0 aliphatic heterocycles. The van der Waals surface area contributed by atoms with Gasteiger partial charge in [-0.25, -0.2) is 0 Å². The normalized spacial score (nSPS) is 9.10. The lowest BCUT2D eigenvalue weighted by Gasteiger charge is -1.87. The van der Waals surface area contributed by atoms with E-state index in [1.165, 1.54) is 11.5 Å². The molecule has 2 nitrogen and oxygen atoms in total. The summed E-state index contributed by atoms with van der Waals surface area (Å²) in [5.74, 6) is 2.34. The van der Waals surface area contributed by atoms with E-state index >= 15 is 0 Å². The highest BCUT2D eigenvalue weighted by Gasteiger charge is 1.93. The van der Waals surface area contributed by atoms with Crippen LogP contribution in [0.1, 0.15) is 18.5 Å². The van der Waals surface area contributed by atoms with Gasteiger partial charge in [0.2, 0.25) is 0 Å². The first-order valence-corrected chi connectivity index (χ1v) is 3.92. The van der Waals surface area contributed by atoms with Crippen molar-refractivity contribution >= 4 is 11.5 Å². The van der Waals surface area contributed by atoms with Crippen molar-refractivity contribution in [2.45, 2.75) is 19.3 Å². The van der Waals surface area contributed by atoms with E-state index in [9.17, 15) is 0 Å². The molecule has 0 aliphatic rings. The predicted molar refractivity (Wildman–Crippen MR) is 40.0 cm³/mol. The van der Waals surface area contributed by atoms with Gasteiger partial charge in [0.25, 0.3) is 0 Å². The van der Waals surface area contributed by atoms with E-state index in [0.717, 1.165) is 25.0 Å². The first-order valence-electron chi connectivity index (χ1n) is 3.09. The zero-order valence-electron chi connectivity index (χ0n) is 5.50. The molecule has 3 heteroatoms. The summed E-state index contributed by atoms with van der Waals surface area (Å²) in [6, 6.07) is 0. The Morgan fingerprint density at radius 2 is 2.60 bits per heavy atom. The Morgan fingerprint density at radius 3 is 3.20 bits per heavy atom. The molecule has 0 aliphatic carbocycles. The number of aromatic nitrogens is 2. The Labute approximate surface area is 64.4 Å². The largest absolute Gasteiger partial charge is 0.143 e. The van der Waals surface area contributed by atoms with Crippen LogP contribution < -0.4 is 0 Å². The van der Waals surface area contributed by atoms with Crippen molar-refractivity contribution in [2.75, 3.05) is 0 Å². The zero-order chi connectivity index (χ0) is 7.23. The molecule has 0 aromatic carbocycles. The molecule has 0 saturated heterocycles. The van der Waals surface area contributed by atoms with Crippen molar-refractivity contribution in [2.24, 2.45) is 0 Å². The molecule has 1 radical (unpaired) electrons. The van der Waals surface area contributed by atoms with Crippen LogP contribution in [0.15, 0.2) is 5.38 Å². The molecule has 1 aromatic rings. The summed E-state index contributed by atoms with van der Waals surface area (Å²) in [4.78, 5) is 0. The van der Waals surface area contributed by atoms with Crippen LogP contribution in [0.2, 0.25) is 0 Å². The maximum absolute atomic E-state index is 6.65. The lowest BCUT2D eigenvalue weighted by atomic mass is 10.2. The molecule has 1 heterocycles. The first-order chi connectivity index (χ1) is 4.93. The molecular weight excluding hydrogens is 144 g/mol. The fourth-order valence-corrected chi connectivity index (χ4v) is 1.14. The second-order valence-electron chi connectivity index (χ2n) is 1.93. The average Bonchev–Trinajstić information content (AvgIpc) is 2.41. The molecule has 0 bridgehead atoms. The van der Waals surface area contributed by atoms with Gasteiger partial charge in [-0.2, -0.15) is 0 Å². The van der Waals surface area contributed by atoms with Crippen molar-refractivity contribution in [1.82, 2.24) is 9.59 Å². The van der Waals surface area contributed by atoms with Crippen LogP contribution in [0.3, 0.4) is 0 Å². The third-order valence-corrected chi connectivity index (χ3v) is 1.69. The maximum atomic E-state index is 6.65. The van der Waals surface area contributed by atoms with E-state index in [1.54, 1.807) is 0 Å². The lowest BCUT2D eigenvalue weighted by Crippen LogP contribution is -1.83. The van der Waals surface area contributed by atoms with Gasteiger partial charge < -0.3 is 0 Å². The lowest BCUT2D eigenvalue weighted by molar-refractivity contribution is 0.822. The highest BCUT2D eigenvalue weighted by atomic mass is 32.1. The van der Waals surface area contributed by atoms with E-state index in [1.807, 2.05) is 5.38 Å². The number of nitrogens with zero attached hydrogens (tertiary/aromatic N) is 2. The second kappa shape index (κ2) is 4.02. The number of unbranched alkanes of at least 4 members (excludes halogenated alkanes) is 1. The molecule has 0 saturated carbocycles. The van der Waals surface area contributed by atoms with E-state index in [0.29, 0.717) is 0 Å². The van der Waals surface area contributed by atoms with Gasteiger partial charge in [0.1, 0.15) is 0 Å². The number of rotatable bonds is 3. The van der Waals surface area contributed by atoms with E-state index in [4.69, 9.17) is 6.42 Å². The number of hydrogen-bond acceptors (Lipinski definition) is 3. The van der Waals surface area contributed by atoms with Gasteiger partial charge in [0.05, 0.1) is 5.69 Å². The van der Waals surface area contributed by atoms with E-state index in [2.05, 4.69) is 15.5 Å². The highest BCUT2D eigenvalue weighted by Crippen LogP contribution is 2.01. The minimum Gasteiger partial charge on any atom is -0.143 e. The molecule has 1 rings (SSSR count). The third-order valence-electron chi connectivity index (χ3n) is 1.14. The van der Waals surface area contributed by atoms with Gasteiger partial charge in [0.15, 0.2) is 0 Å². The zero-order valence-corrected chi connectivity index (χ0v) is 6.32. The van der Waals surface area contributed by atoms with Crippen LogP contribution in [-0.2, 0) is 6.42 Å². The summed E-state index contributed by atoms with van der Waals surface area (Å²) in [6.07, 6.45) is 9.24. The maximum Gasteiger partial charge on any atom is 0.0755 e. The minimum absolute atomic E-state index is 0.720. The molecule has 0 fully saturated rings. The monoisotopic (exact) mass is 151 g/mol. The van der Waals surface area contributed by atoms with Crippen molar-refractivity contribution in [1.29, 1.82) is 0 Å². The fourth-order valence-electron chi connectivity index (χ4n) is 0.651. The molecule has 0 spiro atoms. The van der Waals surface area contributed by atoms with Gasteiger partial charge in [-0.05, 0) is 30.8 Å². The molecule has 0 unspecified atom stereocenters. The van der Waals surface area contributed by atoms with E-state index < -0.39 is 0 Å². The van der Waals surface area contributed by atoms with Crippen LogP contribution in [0.5, 0.6) is 0 Å². The van der Waals surface area contributed by atoms with Crippen LogP contribution in [0.25, 0.3) is 0 Å². The van der Waals surface area contributed by atoms with Crippen LogP contribution in [0.4, 0.5) is 0 Å². The highest BCUT2D eigenvalue weighted by molar-refractivity contribution is 7.03. The molecule has 51 valence electrons. The first kappa shape index (κ1) is 7.23. The summed E-state index contributed by atoms with van der Waals surface area (Å²) < 4.78 is 3.73. The number of hydrogen-bond donors (Lipinski definition) is 0. The summed E-state index contributed by atoms with van der Waals surface area (Å²) in [5.41, 5.74) is 1.03. The van der Waals surface area contributed by atoms with Crippen molar-refractivity contribution in [3.63, 3.8) is 0 Å². The molecule has 0 atom stereocenters. The fraction of sp³-hybridized carbons (Fsp3) is 0.429. The Morgan fingerprint density at radius 1 is 1.70 bits per heavy atom. The van der Waals surface area contributed by atoms with Crippen LogP contribution in [0, 0.1) is 12.3 Å². The quantitative estimate of drug-likeness (QED) is 0.482. The molecule has 0 N–H and O–H groups in total. The SMILES string of the molecule is [C]#CCCCc1csnn1. The van der Waals surface area contributed by atoms with Gasteiger partial charge in [0, 0.05) is 11.8 Å². The predicted octanol–water partition coefficient (Wildman–Crippen LogP) is 1.45. The smallest absolute Gasteiger partial charge is 0.0755 e. The van der Waals surface area contributed by atoms with Gasteiger partial charge in [-0.1, -0.05) is 10.4 Å². The molecular formula is C7H7N2S. The number of aryl methyl sites for hydroxylation is 1. The Kier molecular flexibility index (Phi) is 2.91.